The van der Waals surface area contributed by atoms with Gasteiger partial charge in [0.05, 0.1) is 6.10 Å². The number of carbonyl (C=O) groups excluding carboxylic acids is 1. The molecule has 0 saturated heterocycles. The van der Waals surface area contributed by atoms with Crippen LogP contribution in [0.15, 0.2) is 11.6 Å². The Morgan fingerprint density at radius 2 is 1.92 bits per heavy atom. The fourth-order valence-electron chi connectivity index (χ4n) is 7.92. The number of hydrogen-bond donors (Lipinski definition) is 1. The van der Waals surface area contributed by atoms with Gasteiger partial charge in [-0.25, -0.2) is 0 Å². The summed E-state index contributed by atoms with van der Waals surface area (Å²) in [6.07, 6.45) is 12.9. The molecule has 0 spiro atoms. The minimum atomic E-state index is -0.209. The lowest BCUT2D eigenvalue weighted by atomic mass is 9.46. The monoisotopic (exact) mass is 359 g/mol. The van der Waals surface area contributed by atoms with E-state index in [0.29, 0.717) is 22.8 Å². The number of hydrogen-bond acceptors (Lipinski definition) is 2. The number of fused-ring (bicyclic) bond motifs is 5. The van der Waals surface area contributed by atoms with Gasteiger partial charge in [-0.05, 0) is 92.8 Å². The predicted octanol–water partition coefficient (Wildman–Crippen LogP) is 4.40. The normalized spacial score (nSPS) is 48.7. The van der Waals surface area contributed by atoms with E-state index >= 15 is 0 Å². The number of aliphatic hydroxyl groups is 1. The summed E-state index contributed by atoms with van der Waals surface area (Å²) in [6.45, 7) is 7.29. The molecule has 3 saturated carbocycles. The molecule has 0 aromatic carbocycles. The van der Waals surface area contributed by atoms with Crippen LogP contribution in [0.4, 0.5) is 0 Å². The van der Waals surface area contributed by atoms with Crippen molar-refractivity contribution in [3.8, 4) is 0 Å². The second kappa shape index (κ2) is 6.36. The Kier molecular flexibility index (Phi) is 4.53. The molecule has 0 heterocycles. The molecule has 0 aromatic heterocycles. The Morgan fingerprint density at radius 3 is 2.65 bits per heavy atom. The van der Waals surface area contributed by atoms with E-state index in [1.807, 2.05) is 11.9 Å². The molecule has 146 valence electrons. The number of allylic oxidation sites excluding steroid dienone is 1. The quantitative estimate of drug-likeness (QED) is 0.599. The molecule has 4 aliphatic carbocycles. The molecule has 0 bridgehead atoms. The smallest absolute Gasteiger partial charge is 0.209 e. The number of nitrogens with zero attached hydrogens (tertiary/aromatic N) is 1. The van der Waals surface area contributed by atoms with Crippen molar-refractivity contribution in [3.05, 3.63) is 11.6 Å². The highest BCUT2D eigenvalue weighted by Gasteiger charge is 2.59. The van der Waals surface area contributed by atoms with Gasteiger partial charge in [-0.2, -0.15) is 0 Å². The van der Waals surface area contributed by atoms with Crippen LogP contribution in [0.3, 0.4) is 0 Å². The molecule has 0 aliphatic heterocycles. The molecule has 0 radical (unpaired) electrons. The third-order valence-electron chi connectivity index (χ3n) is 9.55. The Morgan fingerprint density at radius 1 is 1.15 bits per heavy atom. The highest BCUT2D eigenvalue weighted by atomic mass is 16.3. The summed E-state index contributed by atoms with van der Waals surface area (Å²) >= 11 is 0. The lowest BCUT2D eigenvalue weighted by Gasteiger charge is -2.59. The van der Waals surface area contributed by atoms with Gasteiger partial charge in [0.1, 0.15) is 0 Å². The Bertz CT molecular complexity index is 601. The molecule has 4 rings (SSSR count). The Balaban J connectivity index is 1.60. The van der Waals surface area contributed by atoms with Crippen LogP contribution < -0.4 is 0 Å². The van der Waals surface area contributed by atoms with Gasteiger partial charge in [0.2, 0.25) is 6.41 Å². The van der Waals surface area contributed by atoms with Crippen molar-refractivity contribution in [1.82, 2.24) is 4.90 Å². The summed E-state index contributed by atoms with van der Waals surface area (Å²) in [4.78, 5) is 13.2. The molecule has 8 unspecified atom stereocenters. The van der Waals surface area contributed by atoms with Crippen molar-refractivity contribution in [3.63, 3.8) is 0 Å². The van der Waals surface area contributed by atoms with Crippen LogP contribution in [-0.4, -0.2) is 35.6 Å². The van der Waals surface area contributed by atoms with E-state index in [4.69, 9.17) is 0 Å². The molecule has 1 N–H and O–H groups in total. The van der Waals surface area contributed by atoms with Crippen LogP contribution in [-0.2, 0) is 4.79 Å². The van der Waals surface area contributed by atoms with Gasteiger partial charge in [0, 0.05) is 13.1 Å². The van der Waals surface area contributed by atoms with E-state index in [-0.39, 0.29) is 6.10 Å². The van der Waals surface area contributed by atoms with Crippen LogP contribution in [0.1, 0.15) is 72.1 Å². The first-order valence-electron chi connectivity index (χ1n) is 10.9. The zero-order valence-corrected chi connectivity index (χ0v) is 17.1. The maximum Gasteiger partial charge on any atom is 0.209 e. The standard InChI is InChI=1S/C23H37NO2/c1-15(24(4)14-25)19-7-8-20-18-6-5-16-13-17(26)9-11-22(16,2)21(18)10-12-23(19,20)3/h13-15,17-21,26H,5-12H2,1-4H3. The fourth-order valence-corrected chi connectivity index (χ4v) is 7.92. The summed E-state index contributed by atoms with van der Waals surface area (Å²) in [5, 5.41) is 10.1. The van der Waals surface area contributed by atoms with E-state index < -0.39 is 0 Å². The number of rotatable bonds is 3. The Labute approximate surface area is 159 Å². The van der Waals surface area contributed by atoms with Crippen molar-refractivity contribution in [2.75, 3.05) is 7.05 Å². The first-order chi connectivity index (χ1) is 12.3. The first kappa shape index (κ1) is 18.5. The number of amides is 1. The molecular weight excluding hydrogens is 322 g/mol. The summed E-state index contributed by atoms with van der Waals surface area (Å²) in [5.41, 5.74) is 2.28. The molecule has 3 heteroatoms. The lowest BCUT2D eigenvalue weighted by molar-refractivity contribution is -0.121. The van der Waals surface area contributed by atoms with Gasteiger partial charge in [0.15, 0.2) is 0 Å². The lowest BCUT2D eigenvalue weighted by Crippen LogP contribution is -2.52. The molecule has 1 amide bonds. The third kappa shape index (κ3) is 2.52. The van der Waals surface area contributed by atoms with E-state index in [1.165, 1.54) is 38.5 Å². The number of aliphatic hydroxyl groups excluding tert-OH is 1. The summed E-state index contributed by atoms with van der Waals surface area (Å²) in [5.74, 6) is 3.09. The van der Waals surface area contributed by atoms with Gasteiger partial charge in [0.25, 0.3) is 0 Å². The molecule has 3 fully saturated rings. The average Bonchev–Trinajstić information content (AvgIpc) is 2.98. The molecule has 0 aromatic rings. The van der Waals surface area contributed by atoms with Crippen LogP contribution in [0.2, 0.25) is 0 Å². The molecule has 8 atom stereocenters. The molecule has 26 heavy (non-hydrogen) atoms. The highest BCUT2D eigenvalue weighted by Crippen LogP contribution is 2.67. The van der Waals surface area contributed by atoms with Crippen molar-refractivity contribution >= 4 is 6.41 Å². The van der Waals surface area contributed by atoms with E-state index in [0.717, 1.165) is 37.0 Å². The minimum absolute atomic E-state index is 0.209. The van der Waals surface area contributed by atoms with E-state index in [9.17, 15) is 9.90 Å². The van der Waals surface area contributed by atoms with E-state index in [2.05, 4.69) is 26.8 Å². The zero-order valence-electron chi connectivity index (χ0n) is 17.1. The van der Waals surface area contributed by atoms with Gasteiger partial charge < -0.3 is 10.0 Å². The highest BCUT2D eigenvalue weighted by molar-refractivity contribution is 5.47. The van der Waals surface area contributed by atoms with Gasteiger partial charge in [-0.3, -0.25) is 4.79 Å². The maximum absolute atomic E-state index is 11.3. The largest absolute Gasteiger partial charge is 0.389 e. The maximum atomic E-state index is 11.3. The second-order valence-corrected chi connectivity index (χ2v) is 10.4. The fraction of sp³-hybridized carbons (Fsp3) is 0.870. The van der Waals surface area contributed by atoms with Crippen LogP contribution in [0.5, 0.6) is 0 Å². The average molecular weight is 360 g/mol. The SMILES string of the molecule is CC(C1CCC2C3CCC4=CC(O)CCC4(C)C3CCC21C)N(C)C=O. The second-order valence-electron chi connectivity index (χ2n) is 10.4. The summed E-state index contributed by atoms with van der Waals surface area (Å²) in [7, 11) is 1.95. The number of carbonyl (C=O) groups is 1. The third-order valence-corrected chi connectivity index (χ3v) is 9.55. The van der Waals surface area contributed by atoms with Gasteiger partial charge >= 0.3 is 0 Å². The van der Waals surface area contributed by atoms with Crippen molar-refractivity contribution < 1.29 is 9.90 Å². The topological polar surface area (TPSA) is 40.5 Å². The first-order valence-corrected chi connectivity index (χ1v) is 10.9. The van der Waals surface area contributed by atoms with Gasteiger partial charge in [-0.15, -0.1) is 0 Å². The Hall–Kier alpha value is -0.830. The predicted molar refractivity (Wildman–Crippen MR) is 104 cm³/mol. The minimum Gasteiger partial charge on any atom is -0.389 e. The van der Waals surface area contributed by atoms with Crippen molar-refractivity contribution in [2.24, 2.45) is 34.5 Å². The van der Waals surface area contributed by atoms with Crippen LogP contribution >= 0.6 is 0 Å². The summed E-state index contributed by atoms with van der Waals surface area (Å²) < 4.78 is 0. The summed E-state index contributed by atoms with van der Waals surface area (Å²) in [6, 6.07) is 0.346. The van der Waals surface area contributed by atoms with Crippen LogP contribution in [0, 0.1) is 34.5 Å². The van der Waals surface area contributed by atoms with Gasteiger partial charge in [-0.1, -0.05) is 25.5 Å². The molecular formula is C23H37NO2. The van der Waals surface area contributed by atoms with Crippen LogP contribution in [0.25, 0.3) is 0 Å². The van der Waals surface area contributed by atoms with E-state index in [1.54, 1.807) is 5.57 Å². The molecule has 3 nitrogen and oxygen atoms in total. The molecule has 4 aliphatic rings. The zero-order chi connectivity index (χ0) is 18.7. The van der Waals surface area contributed by atoms with Crippen molar-refractivity contribution in [1.29, 1.82) is 0 Å². The van der Waals surface area contributed by atoms with Crippen molar-refractivity contribution in [2.45, 2.75) is 84.3 Å².